The molecule has 5 nitrogen and oxygen atoms in total. The maximum atomic E-state index is 12.2. The highest BCUT2D eigenvalue weighted by molar-refractivity contribution is 5.95. The van der Waals surface area contributed by atoms with Crippen molar-refractivity contribution in [3.05, 3.63) is 54.1 Å². The second-order valence-corrected chi connectivity index (χ2v) is 4.67. The van der Waals surface area contributed by atoms with Crippen molar-refractivity contribution in [2.75, 3.05) is 17.2 Å². The molecule has 5 heteroatoms. The van der Waals surface area contributed by atoms with Crippen LogP contribution < -0.4 is 15.4 Å². The molecule has 1 amide bonds. The monoisotopic (exact) mass is 279 g/mol. The van der Waals surface area contributed by atoms with E-state index in [0.29, 0.717) is 23.5 Å². The second-order valence-electron chi connectivity index (χ2n) is 4.67. The van der Waals surface area contributed by atoms with Gasteiger partial charge in [-0.2, -0.15) is 5.26 Å². The molecule has 0 aliphatic carbocycles. The Morgan fingerprint density at radius 2 is 2.14 bits per heavy atom. The fraction of sp³-hybridized carbons (Fsp3) is 0.125. The maximum absolute atomic E-state index is 12.2. The minimum atomic E-state index is -0.606. The molecule has 0 fully saturated rings. The largest absolute Gasteiger partial charge is 0.477 e. The second kappa shape index (κ2) is 5.55. The van der Waals surface area contributed by atoms with Crippen molar-refractivity contribution in [1.29, 1.82) is 5.26 Å². The number of anilines is 2. The lowest BCUT2D eigenvalue weighted by Crippen LogP contribution is -2.41. The van der Waals surface area contributed by atoms with E-state index in [4.69, 9.17) is 10.00 Å². The number of fused-ring (bicyclic) bond motifs is 1. The van der Waals surface area contributed by atoms with Crippen molar-refractivity contribution in [3.8, 4) is 11.8 Å². The zero-order valence-electron chi connectivity index (χ0n) is 11.2. The van der Waals surface area contributed by atoms with Gasteiger partial charge in [0.05, 0.1) is 23.9 Å². The number of carbonyl (C=O) groups excluding carboxylic acids is 1. The predicted molar refractivity (Wildman–Crippen MR) is 79.1 cm³/mol. The molecule has 1 atom stereocenters. The summed E-state index contributed by atoms with van der Waals surface area (Å²) in [4.78, 5) is 12.2. The van der Waals surface area contributed by atoms with E-state index in [0.717, 1.165) is 5.69 Å². The maximum Gasteiger partial charge on any atom is 0.267 e. The van der Waals surface area contributed by atoms with Gasteiger partial charge >= 0.3 is 0 Å². The molecule has 1 unspecified atom stereocenters. The summed E-state index contributed by atoms with van der Waals surface area (Å²) in [6.45, 7) is 0.404. The van der Waals surface area contributed by atoms with Crippen LogP contribution in [0.5, 0.6) is 5.75 Å². The Balaban J connectivity index is 1.71. The van der Waals surface area contributed by atoms with Gasteiger partial charge in [-0.15, -0.1) is 0 Å². The van der Waals surface area contributed by atoms with Gasteiger partial charge in [-0.1, -0.05) is 18.2 Å². The van der Waals surface area contributed by atoms with Crippen LogP contribution >= 0.6 is 0 Å². The van der Waals surface area contributed by atoms with Crippen LogP contribution in [0.25, 0.3) is 0 Å². The predicted octanol–water partition coefficient (Wildman–Crippen LogP) is 2.37. The van der Waals surface area contributed by atoms with Crippen LogP contribution in [0.4, 0.5) is 11.4 Å². The molecule has 104 valence electrons. The number of carbonyl (C=O) groups is 1. The van der Waals surface area contributed by atoms with E-state index in [1.807, 2.05) is 30.3 Å². The minimum Gasteiger partial charge on any atom is -0.477 e. The van der Waals surface area contributed by atoms with Crippen molar-refractivity contribution in [2.24, 2.45) is 0 Å². The summed E-state index contributed by atoms with van der Waals surface area (Å²) in [5.74, 6) is 0.418. The Hall–Kier alpha value is -3.00. The average Bonchev–Trinajstić information content (AvgIpc) is 2.54. The highest BCUT2D eigenvalue weighted by Crippen LogP contribution is 2.28. The fourth-order valence-corrected chi connectivity index (χ4v) is 2.15. The van der Waals surface area contributed by atoms with Crippen molar-refractivity contribution in [1.82, 2.24) is 0 Å². The summed E-state index contributed by atoms with van der Waals surface area (Å²) < 4.78 is 5.68. The molecule has 2 aromatic carbocycles. The molecule has 3 rings (SSSR count). The number of nitrogens with one attached hydrogen (secondary N) is 2. The van der Waals surface area contributed by atoms with Gasteiger partial charge in [-0.3, -0.25) is 4.79 Å². The number of hydrogen-bond donors (Lipinski definition) is 2. The van der Waals surface area contributed by atoms with Gasteiger partial charge in [0.25, 0.3) is 5.91 Å². The van der Waals surface area contributed by atoms with E-state index in [1.54, 1.807) is 24.3 Å². The fourth-order valence-electron chi connectivity index (χ4n) is 2.15. The standard InChI is InChI=1S/C16H13N3O2/c17-9-11-4-3-5-12(8-11)19-16(20)15-10-18-13-6-1-2-7-14(13)21-15/h1-8,15,18H,10H2,(H,19,20). The van der Waals surface area contributed by atoms with E-state index in [9.17, 15) is 4.79 Å². The van der Waals surface area contributed by atoms with Crippen LogP contribution in [0.2, 0.25) is 0 Å². The van der Waals surface area contributed by atoms with Gasteiger partial charge in [-0.05, 0) is 30.3 Å². The SMILES string of the molecule is N#Cc1cccc(NC(=O)C2CNc3ccccc3O2)c1. The lowest BCUT2D eigenvalue weighted by atomic mass is 10.2. The molecule has 0 saturated heterocycles. The van der Waals surface area contributed by atoms with Gasteiger partial charge in [0.2, 0.25) is 0 Å². The zero-order chi connectivity index (χ0) is 14.7. The smallest absolute Gasteiger partial charge is 0.267 e. The number of hydrogen-bond acceptors (Lipinski definition) is 4. The number of benzene rings is 2. The molecule has 0 aromatic heterocycles. The lowest BCUT2D eigenvalue weighted by Gasteiger charge is -2.26. The van der Waals surface area contributed by atoms with Crippen LogP contribution in [0.15, 0.2) is 48.5 Å². The van der Waals surface area contributed by atoms with Gasteiger partial charge in [0.15, 0.2) is 6.10 Å². The van der Waals surface area contributed by atoms with Gasteiger partial charge in [-0.25, -0.2) is 0 Å². The van der Waals surface area contributed by atoms with Crippen LogP contribution in [-0.2, 0) is 4.79 Å². The highest BCUT2D eigenvalue weighted by Gasteiger charge is 2.25. The lowest BCUT2D eigenvalue weighted by molar-refractivity contribution is -0.122. The molecular formula is C16H13N3O2. The summed E-state index contributed by atoms with van der Waals surface area (Å²) in [6.07, 6.45) is -0.606. The molecule has 0 radical (unpaired) electrons. The molecule has 0 spiro atoms. The number of nitriles is 1. The van der Waals surface area contributed by atoms with Gasteiger partial charge < -0.3 is 15.4 Å². The number of ether oxygens (including phenoxy) is 1. The highest BCUT2D eigenvalue weighted by atomic mass is 16.5. The van der Waals surface area contributed by atoms with Gasteiger partial charge in [0, 0.05) is 5.69 Å². The molecule has 0 saturated carbocycles. The Labute approximate surface area is 122 Å². The molecular weight excluding hydrogens is 266 g/mol. The molecule has 1 heterocycles. The molecule has 21 heavy (non-hydrogen) atoms. The average molecular weight is 279 g/mol. The summed E-state index contributed by atoms with van der Waals surface area (Å²) in [6, 6.07) is 16.3. The molecule has 1 aliphatic heterocycles. The molecule has 0 bridgehead atoms. The summed E-state index contributed by atoms with van der Waals surface area (Å²) in [5.41, 5.74) is 1.97. The Bertz CT molecular complexity index is 721. The summed E-state index contributed by atoms with van der Waals surface area (Å²) in [7, 11) is 0. The van der Waals surface area contributed by atoms with Crippen molar-refractivity contribution in [3.63, 3.8) is 0 Å². The third-order valence-corrected chi connectivity index (χ3v) is 3.19. The molecule has 2 N–H and O–H groups in total. The number of amides is 1. The topological polar surface area (TPSA) is 74.2 Å². The molecule has 2 aromatic rings. The minimum absolute atomic E-state index is 0.243. The first-order valence-electron chi connectivity index (χ1n) is 6.57. The number of nitrogens with zero attached hydrogens (tertiary/aromatic N) is 1. The van der Waals surface area contributed by atoms with E-state index in [1.165, 1.54) is 0 Å². The van der Waals surface area contributed by atoms with E-state index in [2.05, 4.69) is 10.6 Å². The van der Waals surface area contributed by atoms with Crippen molar-refractivity contribution in [2.45, 2.75) is 6.10 Å². The first-order valence-corrected chi connectivity index (χ1v) is 6.57. The van der Waals surface area contributed by atoms with Crippen LogP contribution in [0.1, 0.15) is 5.56 Å². The summed E-state index contributed by atoms with van der Waals surface area (Å²) >= 11 is 0. The van der Waals surface area contributed by atoms with E-state index >= 15 is 0 Å². The third kappa shape index (κ3) is 2.79. The Morgan fingerprint density at radius 1 is 1.29 bits per heavy atom. The number of rotatable bonds is 2. The van der Waals surface area contributed by atoms with Crippen LogP contribution in [-0.4, -0.2) is 18.6 Å². The first kappa shape index (κ1) is 13.0. The normalized spacial score (nSPS) is 15.9. The van der Waals surface area contributed by atoms with E-state index in [-0.39, 0.29) is 5.91 Å². The van der Waals surface area contributed by atoms with E-state index < -0.39 is 6.10 Å². The van der Waals surface area contributed by atoms with Crippen LogP contribution in [0, 0.1) is 11.3 Å². The van der Waals surface area contributed by atoms with Crippen molar-refractivity contribution < 1.29 is 9.53 Å². The third-order valence-electron chi connectivity index (χ3n) is 3.19. The molecule has 1 aliphatic rings. The van der Waals surface area contributed by atoms with Crippen LogP contribution in [0.3, 0.4) is 0 Å². The summed E-state index contributed by atoms with van der Waals surface area (Å²) in [5, 5.41) is 14.8. The van der Waals surface area contributed by atoms with Gasteiger partial charge in [0.1, 0.15) is 5.75 Å². The van der Waals surface area contributed by atoms with Crippen molar-refractivity contribution >= 4 is 17.3 Å². The zero-order valence-corrected chi connectivity index (χ0v) is 11.2. The Kier molecular flexibility index (Phi) is 3.44. The Morgan fingerprint density at radius 3 is 3.00 bits per heavy atom. The number of para-hydroxylation sites is 2. The first-order chi connectivity index (χ1) is 10.3. The quantitative estimate of drug-likeness (QED) is 0.885.